The van der Waals surface area contributed by atoms with E-state index in [1.807, 2.05) is 12.4 Å². The fourth-order valence-electron chi connectivity index (χ4n) is 3.78. The number of likely N-dealkylation sites (N-methyl/N-ethyl adjacent to an activating group) is 2. The average molecular weight is 552 g/mol. The second kappa shape index (κ2) is 15.4. The number of benzene rings is 1. The Kier molecular flexibility index (Phi) is 14.8. The van der Waals surface area contributed by atoms with Crippen LogP contribution >= 0.6 is 24.8 Å². The highest BCUT2D eigenvalue weighted by molar-refractivity contribution is 5.85. The SMILES string of the molecule is CCN1CCN(CC)c2cc(/N=N/c3n(CCCN)cc[n+]3CCCN)ccc21.Cl.Cl.[Br-]. The minimum Gasteiger partial charge on any atom is -1.00 e. The number of nitrogens with two attached hydrogens (primary N) is 2. The number of nitrogens with zero attached hydrogens (tertiary/aromatic N) is 6. The Morgan fingerprint density at radius 1 is 0.938 bits per heavy atom. The number of anilines is 2. The van der Waals surface area contributed by atoms with E-state index in [9.17, 15) is 0 Å². The van der Waals surface area contributed by atoms with Crippen molar-refractivity contribution in [1.82, 2.24) is 4.57 Å². The first-order valence-corrected chi connectivity index (χ1v) is 10.8. The van der Waals surface area contributed by atoms with E-state index in [0.717, 1.165) is 63.7 Å². The Hall–Kier alpha value is -1.39. The van der Waals surface area contributed by atoms with Gasteiger partial charge in [0.2, 0.25) is 0 Å². The minimum absolute atomic E-state index is 0. The summed E-state index contributed by atoms with van der Waals surface area (Å²) in [6.45, 7) is 11.5. The van der Waals surface area contributed by atoms with Gasteiger partial charge in [0.25, 0.3) is 0 Å². The first-order valence-electron chi connectivity index (χ1n) is 10.8. The van der Waals surface area contributed by atoms with Crippen LogP contribution in [0.1, 0.15) is 26.7 Å². The molecule has 4 N–H and O–H groups in total. The van der Waals surface area contributed by atoms with E-state index in [4.69, 9.17) is 11.5 Å². The standard InChI is InChI=1S/C21H35N8.BrH.2ClH/c1-3-26-13-14-27(4-2)20-17-18(7-8-19(20)26)24-25-21-28(11-5-9-22)15-16-29(21)12-6-10-23;;;/h7-8,15-17H,3-6,9-14,22-23H2,1-2H3;3*1H/q+1;;;/p-1. The number of aryl methyl sites for hydroxylation is 2. The van der Waals surface area contributed by atoms with Gasteiger partial charge in [-0.3, -0.25) is 0 Å². The van der Waals surface area contributed by atoms with Gasteiger partial charge in [-0.2, -0.15) is 0 Å². The molecule has 2 aromatic rings. The fourth-order valence-corrected chi connectivity index (χ4v) is 3.78. The van der Waals surface area contributed by atoms with Crippen molar-refractivity contribution >= 4 is 47.8 Å². The number of fused-ring (bicyclic) bond motifs is 1. The molecule has 1 aromatic heterocycles. The Balaban J connectivity index is 0.00000320. The molecule has 0 saturated carbocycles. The molecule has 2 heterocycles. The van der Waals surface area contributed by atoms with E-state index in [2.05, 4.69) is 61.2 Å². The highest BCUT2D eigenvalue weighted by Gasteiger charge is 2.21. The molecule has 32 heavy (non-hydrogen) atoms. The topological polar surface area (TPSA) is 92.0 Å². The van der Waals surface area contributed by atoms with Crippen molar-refractivity contribution < 1.29 is 21.5 Å². The van der Waals surface area contributed by atoms with Crippen LogP contribution in [-0.2, 0) is 13.1 Å². The van der Waals surface area contributed by atoms with Crippen LogP contribution in [0.3, 0.4) is 0 Å². The number of azo groups is 1. The zero-order valence-corrected chi connectivity index (χ0v) is 22.2. The third-order valence-electron chi connectivity index (χ3n) is 5.45. The third-order valence-corrected chi connectivity index (χ3v) is 5.45. The molecule has 0 aliphatic carbocycles. The van der Waals surface area contributed by atoms with Gasteiger partial charge in [-0.25, -0.2) is 9.13 Å². The highest BCUT2D eigenvalue weighted by Crippen LogP contribution is 2.36. The number of aromatic nitrogens is 2. The summed E-state index contributed by atoms with van der Waals surface area (Å²) >= 11 is 0. The van der Waals surface area contributed by atoms with E-state index in [1.54, 1.807) is 0 Å². The maximum Gasteiger partial charge on any atom is 0.421 e. The van der Waals surface area contributed by atoms with Crippen LogP contribution in [0, 0.1) is 0 Å². The van der Waals surface area contributed by atoms with E-state index in [0.29, 0.717) is 13.1 Å². The van der Waals surface area contributed by atoms with Gasteiger partial charge in [-0.1, -0.05) is 5.11 Å². The van der Waals surface area contributed by atoms with Gasteiger partial charge >= 0.3 is 5.95 Å². The molecule has 1 aliphatic rings. The lowest BCUT2D eigenvalue weighted by Gasteiger charge is -2.38. The summed E-state index contributed by atoms with van der Waals surface area (Å²) in [7, 11) is 0. The van der Waals surface area contributed by atoms with Crippen molar-refractivity contribution in [3.05, 3.63) is 30.6 Å². The molecule has 0 atom stereocenters. The lowest BCUT2D eigenvalue weighted by molar-refractivity contribution is -0.683. The van der Waals surface area contributed by atoms with Crippen LogP contribution in [0.25, 0.3) is 0 Å². The summed E-state index contributed by atoms with van der Waals surface area (Å²) in [4.78, 5) is 4.83. The molecule has 0 fully saturated rings. The molecule has 0 spiro atoms. The smallest absolute Gasteiger partial charge is 0.421 e. The van der Waals surface area contributed by atoms with Crippen LogP contribution in [0.2, 0.25) is 0 Å². The maximum atomic E-state index is 5.69. The minimum atomic E-state index is 0. The largest absolute Gasteiger partial charge is 1.00 e. The number of hydrogen-bond donors (Lipinski definition) is 2. The summed E-state index contributed by atoms with van der Waals surface area (Å²) in [5.74, 6) is 0.840. The number of halogens is 3. The van der Waals surface area contributed by atoms with Gasteiger partial charge < -0.3 is 38.2 Å². The molecule has 0 bridgehead atoms. The van der Waals surface area contributed by atoms with Gasteiger partial charge in [0, 0.05) is 31.3 Å². The molecule has 11 heteroatoms. The monoisotopic (exact) mass is 550 g/mol. The molecule has 1 aromatic carbocycles. The molecule has 182 valence electrons. The predicted octanol–water partition coefficient (Wildman–Crippen LogP) is 0.402. The summed E-state index contributed by atoms with van der Waals surface area (Å²) in [5, 5.41) is 9.21. The van der Waals surface area contributed by atoms with Crippen LogP contribution < -0.4 is 42.8 Å². The second-order valence-electron chi connectivity index (χ2n) is 7.30. The molecule has 0 unspecified atom stereocenters. The Bertz CT molecular complexity index is 805. The lowest BCUT2D eigenvalue weighted by Crippen LogP contribution is -3.00. The summed E-state index contributed by atoms with van der Waals surface area (Å²) < 4.78 is 4.23. The zero-order valence-electron chi connectivity index (χ0n) is 19.0. The average Bonchev–Trinajstić information content (AvgIpc) is 3.15. The third kappa shape index (κ3) is 7.31. The summed E-state index contributed by atoms with van der Waals surface area (Å²) in [5.41, 5.74) is 14.8. The molecular weight excluding hydrogens is 515 g/mol. The van der Waals surface area contributed by atoms with Gasteiger partial charge in [0.1, 0.15) is 5.69 Å². The van der Waals surface area contributed by atoms with Crippen LogP contribution in [0.4, 0.5) is 23.0 Å². The van der Waals surface area contributed by atoms with Crippen molar-refractivity contribution in [2.45, 2.75) is 39.8 Å². The van der Waals surface area contributed by atoms with Crippen molar-refractivity contribution in [3.63, 3.8) is 0 Å². The number of hydrogen-bond acceptors (Lipinski definition) is 6. The summed E-state index contributed by atoms with van der Waals surface area (Å²) in [6.07, 6.45) is 5.91. The van der Waals surface area contributed by atoms with Gasteiger partial charge in [0.05, 0.1) is 36.9 Å². The van der Waals surface area contributed by atoms with Crippen molar-refractivity contribution in [3.8, 4) is 0 Å². The van der Waals surface area contributed by atoms with E-state index in [1.165, 1.54) is 11.4 Å². The first-order chi connectivity index (χ1) is 14.2. The van der Waals surface area contributed by atoms with Crippen molar-refractivity contribution in [2.24, 2.45) is 21.7 Å². The van der Waals surface area contributed by atoms with E-state index in [-0.39, 0.29) is 41.8 Å². The van der Waals surface area contributed by atoms with Gasteiger partial charge in [-0.15, -0.1) is 24.8 Å². The highest BCUT2D eigenvalue weighted by atomic mass is 79.9. The second-order valence-corrected chi connectivity index (χ2v) is 7.30. The first kappa shape index (κ1) is 30.6. The Morgan fingerprint density at radius 3 is 2.22 bits per heavy atom. The van der Waals surface area contributed by atoms with E-state index < -0.39 is 0 Å². The predicted molar refractivity (Wildman–Crippen MR) is 133 cm³/mol. The molecule has 1 aliphatic heterocycles. The fraction of sp³-hybridized carbons (Fsp3) is 0.571. The number of imidazole rings is 1. The summed E-state index contributed by atoms with van der Waals surface area (Å²) in [6, 6.07) is 6.38. The van der Waals surface area contributed by atoms with Crippen LogP contribution in [-0.4, -0.2) is 43.8 Å². The van der Waals surface area contributed by atoms with Crippen LogP contribution in [0.5, 0.6) is 0 Å². The maximum absolute atomic E-state index is 5.69. The number of rotatable bonds is 10. The molecular formula is C21H37BrCl2N8. The molecule has 0 saturated heterocycles. The van der Waals surface area contributed by atoms with Gasteiger partial charge in [-0.05, 0) is 58.0 Å². The van der Waals surface area contributed by atoms with Crippen LogP contribution in [0.15, 0.2) is 40.8 Å². The van der Waals surface area contributed by atoms with Crippen molar-refractivity contribution in [2.75, 3.05) is 49.1 Å². The molecule has 3 rings (SSSR count). The lowest BCUT2D eigenvalue weighted by atomic mass is 10.1. The quantitative estimate of drug-likeness (QED) is 0.330. The van der Waals surface area contributed by atoms with Gasteiger partial charge in [0.15, 0.2) is 0 Å². The Morgan fingerprint density at radius 2 is 1.59 bits per heavy atom. The van der Waals surface area contributed by atoms with E-state index >= 15 is 0 Å². The molecule has 0 radical (unpaired) electrons. The zero-order chi connectivity index (χ0) is 20.6. The Labute approximate surface area is 214 Å². The molecule has 0 amide bonds. The normalized spacial score (nSPS) is 12.8. The van der Waals surface area contributed by atoms with Crippen molar-refractivity contribution in [1.29, 1.82) is 0 Å². The molecule has 8 nitrogen and oxygen atoms in total.